The van der Waals surface area contributed by atoms with Gasteiger partial charge in [0, 0.05) is 5.56 Å². The van der Waals surface area contributed by atoms with E-state index in [0.717, 1.165) is 17.0 Å². The highest BCUT2D eigenvalue weighted by Gasteiger charge is 2.35. The minimum absolute atomic E-state index is 0.0592. The normalized spacial score (nSPS) is 13.4. The number of rotatable bonds is 6. The molecule has 176 valence electrons. The van der Waals surface area contributed by atoms with Crippen LogP contribution < -0.4 is 0 Å². The highest BCUT2D eigenvalue weighted by molar-refractivity contribution is 7.99. The Balaban J connectivity index is 1.44. The maximum Gasteiger partial charge on any atom is 0.262 e. The van der Waals surface area contributed by atoms with Gasteiger partial charge in [-0.15, -0.1) is 10.2 Å². The minimum Gasteiger partial charge on any atom is -0.297 e. The Morgan fingerprint density at radius 1 is 0.771 bits per heavy atom. The number of carbonyl (C=O) groups excluding carboxylic acids is 2. The summed E-state index contributed by atoms with van der Waals surface area (Å²) in [5.74, 6) is 0.372. The van der Waals surface area contributed by atoms with Crippen LogP contribution >= 0.6 is 11.8 Å². The van der Waals surface area contributed by atoms with Crippen molar-refractivity contribution in [3.05, 3.63) is 101 Å². The maximum absolute atomic E-state index is 12.8. The first-order chi connectivity index (χ1) is 16.8. The monoisotopic (exact) mass is 482 g/mol. The van der Waals surface area contributed by atoms with Crippen LogP contribution in [-0.4, -0.2) is 37.4 Å². The van der Waals surface area contributed by atoms with Gasteiger partial charge in [-0.05, 0) is 28.7 Å². The summed E-state index contributed by atoms with van der Waals surface area (Å²) < 4.78 is 2.05. The van der Waals surface area contributed by atoms with Crippen molar-refractivity contribution in [1.29, 1.82) is 0 Å². The van der Waals surface area contributed by atoms with Crippen LogP contribution in [0.1, 0.15) is 52.6 Å². The van der Waals surface area contributed by atoms with E-state index in [1.165, 1.54) is 22.2 Å². The van der Waals surface area contributed by atoms with Crippen molar-refractivity contribution in [3.63, 3.8) is 0 Å². The van der Waals surface area contributed by atoms with E-state index in [-0.39, 0.29) is 23.1 Å². The number of hydrogen-bond donors (Lipinski definition) is 0. The molecule has 0 aliphatic carbocycles. The Hall–Kier alpha value is -3.71. The molecule has 3 aromatic carbocycles. The molecular formula is C28H26N4O2S. The van der Waals surface area contributed by atoms with E-state index in [1.807, 2.05) is 22.8 Å². The zero-order valence-corrected chi connectivity index (χ0v) is 20.7. The minimum atomic E-state index is -0.273. The quantitative estimate of drug-likeness (QED) is 0.263. The first-order valence-electron chi connectivity index (χ1n) is 11.5. The van der Waals surface area contributed by atoms with Gasteiger partial charge in [0.25, 0.3) is 11.8 Å². The van der Waals surface area contributed by atoms with Gasteiger partial charge < -0.3 is 0 Å². The van der Waals surface area contributed by atoms with Crippen LogP contribution in [0, 0.1) is 0 Å². The predicted molar refractivity (Wildman–Crippen MR) is 137 cm³/mol. The molecule has 0 saturated carbocycles. The molecule has 0 atom stereocenters. The molecule has 1 aliphatic rings. The van der Waals surface area contributed by atoms with E-state index in [2.05, 4.69) is 67.4 Å². The molecular weight excluding hydrogens is 456 g/mol. The average molecular weight is 483 g/mol. The number of benzene rings is 3. The topological polar surface area (TPSA) is 68.1 Å². The maximum atomic E-state index is 12.8. The van der Waals surface area contributed by atoms with E-state index >= 15 is 0 Å². The van der Waals surface area contributed by atoms with Crippen LogP contribution in [0.3, 0.4) is 0 Å². The molecule has 1 aliphatic heterocycles. The van der Waals surface area contributed by atoms with E-state index in [1.54, 1.807) is 24.3 Å². The molecule has 2 heterocycles. The van der Waals surface area contributed by atoms with E-state index < -0.39 is 0 Å². The smallest absolute Gasteiger partial charge is 0.262 e. The molecule has 6 nitrogen and oxygen atoms in total. The molecule has 0 fully saturated rings. The number of carbonyl (C=O) groups is 2. The summed E-state index contributed by atoms with van der Waals surface area (Å²) in [4.78, 5) is 26.9. The Bertz CT molecular complexity index is 1350. The van der Waals surface area contributed by atoms with Gasteiger partial charge in [0.2, 0.25) is 0 Å². The van der Waals surface area contributed by atoms with E-state index in [0.29, 0.717) is 22.8 Å². The second kappa shape index (κ2) is 9.15. The van der Waals surface area contributed by atoms with Crippen LogP contribution in [-0.2, 0) is 12.0 Å². The summed E-state index contributed by atoms with van der Waals surface area (Å²) in [5, 5.41) is 9.60. The highest BCUT2D eigenvalue weighted by Crippen LogP contribution is 2.30. The Morgan fingerprint density at radius 3 is 1.97 bits per heavy atom. The predicted octanol–water partition coefficient (Wildman–Crippen LogP) is 5.64. The third-order valence-electron chi connectivity index (χ3n) is 6.11. The number of aromatic nitrogens is 3. The van der Waals surface area contributed by atoms with Gasteiger partial charge in [-0.25, -0.2) is 0 Å². The van der Waals surface area contributed by atoms with Crippen LogP contribution in [0.5, 0.6) is 0 Å². The summed E-state index contributed by atoms with van der Waals surface area (Å²) in [6, 6.07) is 25.4. The van der Waals surface area contributed by atoms with E-state index in [4.69, 9.17) is 0 Å². The van der Waals surface area contributed by atoms with Crippen molar-refractivity contribution in [1.82, 2.24) is 19.7 Å². The fourth-order valence-electron chi connectivity index (χ4n) is 4.12. The SMILES string of the molecule is CC(C)(C)c1ccc(-c2nnc(SCN3C(=O)c4ccccc4C3=O)n2Cc2ccccc2)cc1. The summed E-state index contributed by atoms with van der Waals surface area (Å²) in [5.41, 5.74) is 4.28. The number of amides is 2. The fourth-order valence-corrected chi connectivity index (χ4v) is 5.00. The Morgan fingerprint density at radius 2 is 1.37 bits per heavy atom. The van der Waals surface area contributed by atoms with Crippen LogP contribution in [0.25, 0.3) is 11.4 Å². The van der Waals surface area contributed by atoms with Crippen molar-refractivity contribution < 1.29 is 9.59 Å². The van der Waals surface area contributed by atoms with Gasteiger partial charge in [-0.1, -0.05) is 99.3 Å². The Labute approximate surface area is 209 Å². The standard InChI is InChI=1S/C28H26N4O2S/c1-28(2,3)21-15-13-20(14-16-21)24-29-30-27(31(24)17-19-9-5-4-6-10-19)35-18-32-25(33)22-11-7-8-12-23(22)26(32)34/h4-16H,17-18H2,1-3H3. The zero-order valence-electron chi connectivity index (χ0n) is 19.9. The summed E-state index contributed by atoms with van der Waals surface area (Å²) >= 11 is 1.34. The molecule has 5 rings (SSSR count). The first kappa shape index (κ1) is 23.1. The molecule has 0 unspecified atom stereocenters. The molecule has 0 saturated heterocycles. The van der Waals surface area contributed by atoms with Gasteiger partial charge in [-0.2, -0.15) is 0 Å². The lowest BCUT2D eigenvalue weighted by atomic mass is 9.87. The van der Waals surface area contributed by atoms with Crippen molar-refractivity contribution in [3.8, 4) is 11.4 Å². The summed E-state index contributed by atoms with van der Waals surface area (Å²) in [6.45, 7) is 7.14. The zero-order chi connectivity index (χ0) is 24.6. The number of thioether (sulfide) groups is 1. The van der Waals surface area contributed by atoms with Crippen molar-refractivity contribution in [2.75, 3.05) is 5.88 Å². The number of fused-ring (bicyclic) bond motifs is 1. The molecule has 35 heavy (non-hydrogen) atoms. The molecule has 0 radical (unpaired) electrons. The summed E-state index contributed by atoms with van der Waals surface area (Å²) in [7, 11) is 0. The van der Waals surface area contributed by atoms with Gasteiger partial charge >= 0.3 is 0 Å². The van der Waals surface area contributed by atoms with E-state index in [9.17, 15) is 9.59 Å². The highest BCUT2D eigenvalue weighted by atomic mass is 32.2. The lowest BCUT2D eigenvalue weighted by Crippen LogP contribution is -2.29. The number of nitrogens with zero attached hydrogens (tertiary/aromatic N) is 4. The Kier molecular flexibility index (Phi) is 6.03. The van der Waals surface area contributed by atoms with Crippen LogP contribution in [0.15, 0.2) is 84.0 Å². The molecule has 2 amide bonds. The van der Waals surface area contributed by atoms with Gasteiger partial charge in [0.1, 0.15) is 0 Å². The van der Waals surface area contributed by atoms with Gasteiger partial charge in [0.05, 0.1) is 23.5 Å². The third kappa shape index (κ3) is 4.51. The lowest BCUT2D eigenvalue weighted by molar-refractivity contribution is 0.0684. The molecule has 4 aromatic rings. The molecule has 7 heteroatoms. The van der Waals surface area contributed by atoms with Crippen molar-refractivity contribution >= 4 is 23.6 Å². The van der Waals surface area contributed by atoms with Crippen molar-refractivity contribution in [2.45, 2.75) is 37.9 Å². The first-order valence-corrected chi connectivity index (χ1v) is 12.5. The third-order valence-corrected chi connectivity index (χ3v) is 7.06. The average Bonchev–Trinajstić information content (AvgIpc) is 3.36. The number of imide groups is 1. The largest absolute Gasteiger partial charge is 0.297 e. The van der Waals surface area contributed by atoms with Crippen LogP contribution in [0.2, 0.25) is 0 Å². The molecule has 0 N–H and O–H groups in total. The molecule has 0 spiro atoms. The second-order valence-corrected chi connectivity index (χ2v) is 10.5. The van der Waals surface area contributed by atoms with Crippen molar-refractivity contribution in [2.24, 2.45) is 0 Å². The van der Waals surface area contributed by atoms with Crippen LogP contribution in [0.4, 0.5) is 0 Å². The molecule has 0 bridgehead atoms. The van der Waals surface area contributed by atoms with Gasteiger partial charge in [0.15, 0.2) is 11.0 Å². The summed E-state index contributed by atoms with van der Waals surface area (Å²) in [6.07, 6.45) is 0. The molecule has 1 aromatic heterocycles. The fraction of sp³-hybridized carbons (Fsp3) is 0.214. The second-order valence-electron chi connectivity index (χ2n) is 9.56. The number of hydrogen-bond acceptors (Lipinski definition) is 5. The lowest BCUT2D eigenvalue weighted by Gasteiger charge is -2.19. The van der Waals surface area contributed by atoms with Gasteiger partial charge in [-0.3, -0.25) is 19.1 Å².